The number of hydrogen-bond acceptors (Lipinski definition) is 11. The van der Waals surface area contributed by atoms with Crippen LogP contribution < -0.4 is 25.8 Å². The zero-order chi connectivity index (χ0) is 35.5. The van der Waals surface area contributed by atoms with Crippen LogP contribution in [0.2, 0.25) is 10.0 Å². The average molecular weight is 716 g/mol. The zero-order valence-corrected chi connectivity index (χ0v) is 30.0. The van der Waals surface area contributed by atoms with Crippen molar-refractivity contribution in [3.05, 3.63) is 100.0 Å². The number of aromatic nitrogens is 6. The molecule has 260 valence electrons. The number of nitrogens with one attached hydrogen (secondary N) is 2. The van der Waals surface area contributed by atoms with Gasteiger partial charge < -0.3 is 25.8 Å². The molecule has 3 aromatic heterocycles. The Morgan fingerprint density at radius 3 is 1.88 bits per heavy atom. The summed E-state index contributed by atoms with van der Waals surface area (Å²) in [5.74, 6) is 0.796. The Hall–Kier alpha value is -4.88. The summed E-state index contributed by atoms with van der Waals surface area (Å²) in [4.78, 5) is 23.0. The van der Waals surface area contributed by atoms with Gasteiger partial charge >= 0.3 is 0 Å². The van der Waals surface area contributed by atoms with E-state index in [4.69, 9.17) is 48.4 Å². The van der Waals surface area contributed by atoms with Crippen LogP contribution in [0.15, 0.2) is 78.0 Å². The molecule has 0 amide bonds. The molecule has 0 fully saturated rings. The Balaban J connectivity index is 1.36. The lowest BCUT2D eigenvalue weighted by Gasteiger charge is -2.15. The van der Waals surface area contributed by atoms with E-state index in [2.05, 4.69) is 37.6 Å². The molecule has 5 rings (SSSR count). The topological polar surface area (TPSA) is 150 Å². The van der Waals surface area contributed by atoms with Crippen molar-refractivity contribution in [2.75, 3.05) is 27.3 Å². The van der Waals surface area contributed by atoms with Crippen molar-refractivity contribution < 1.29 is 9.47 Å². The molecule has 0 atom stereocenters. The van der Waals surface area contributed by atoms with E-state index in [0.29, 0.717) is 88.4 Å². The van der Waals surface area contributed by atoms with Crippen LogP contribution in [0.1, 0.15) is 30.8 Å². The van der Waals surface area contributed by atoms with Crippen LogP contribution >= 0.6 is 23.2 Å². The number of nitrogens with two attached hydrogens (primary N) is 1. The first-order valence-corrected chi connectivity index (χ1v) is 16.9. The number of aryl methyl sites for hydroxylation is 1. The first-order valence-electron chi connectivity index (χ1n) is 16.1. The summed E-state index contributed by atoms with van der Waals surface area (Å²) >= 11 is 14.1. The number of aliphatic imine (C=N–C) groups is 1. The minimum absolute atomic E-state index is 0.385. The molecule has 0 aliphatic heterocycles. The lowest BCUT2D eigenvalue weighted by atomic mass is 9.98. The molecule has 4 N–H and O–H groups in total. The monoisotopic (exact) mass is 714 g/mol. The number of benzene rings is 2. The summed E-state index contributed by atoms with van der Waals surface area (Å²) in [6, 6.07) is 11.4. The van der Waals surface area contributed by atoms with Crippen LogP contribution in [0.5, 0.6) is 11.8 Å². The number of rotatable bonds is 16. The molecule has 0 spiro atoms. The van der Waals surface area contributed by atoms with Crippen molar-refractivity contribution in [3.63, 3.8) is 0 Å². The molecular formula is C36H40Cl2N10O2. The second-order valence-electron chi connectivity index (χ2n) is 11.0. The predicted molar refractivity (Wildman–Crippen MR) is 199 cm³/mol. The van der Waals surface area contributed by atoms with Gasteiger partial charge in [0.15, 0.2) is 0 Å². The maximum Gasteiger partial charge on any atom is 0.237 e. The largest absolute Gasteiger partial charge is 0.480 e. The van der Waals surface area contributed by atoms with Crippen LogP contribution in [-0.2, 0) is 26.2 Å². The van der Waals surface area contributed by atoms with Gasteiger partial charge in [0.25, 0.3) is 0 Å². The highest BCUT2D eigenvalue weighted by Gasteiger charge is 2.19. The summed E-state index contributed by atoms with van der Waals surface area (Å²) in [5.41, 5.74) is 12.9. The van der Waals surface area contributed by atoms with Crippen molar-refractivity contribution in [3.8, 4) is 45.4 Å². The van der Waals surface area contributed by atoms with E-state index in [0.717, 1.165) is 28.8 Å². The van der Waals surface area contributed by atoms with Crippen LogP contribution in [0.3, 0.4) is 0 Å². The van der Waals surface area contributed by atoms with Gasteiger partial charge in [0.05, 0.1) is 54.2 Å². The van der Waals surface area contributed by atoms with Gasteiger partial charge in [-0.25, -0.2) is 9.97 Å². The van der Waals surface area contributed by atoms with E-state index in [1.54, 1.807) is 32.8 Å². The molecule has 0 unspecified atom stereocenters. The van der Waals surface area contributed by atoms with Crippen molar-refractivity contribution >= 4 is 29.4 Å². The standard InChI is InChI=1S/C36H40Cl2N10O2/c1-5-40-14-23(13-39)15-41-18-31-35(49-3)46-29(20-43-31)27-11-7-9-25(33(27)37)26-10-8-12-28(34(26)38)30-21-44-32(36(47-30)50-4)19-42-16-24-17-45-48(6-2)22-24/h7-14,17,20-22,41-42H,5-6,15-16,18-19,39H2,1-4H3. The van der Waals surface area contributed by atoms with Gasteiger partial charge in [-0.2, -0.15) is 5.10 Å². The first-order chi connectivity index (χ1) is 24.4. The maximum atomic E-state index is 7.06. The Bertz CT molecular complexity index is 1980. The molecule has 12 nitrogen and oxygen atoms in total. The zero-order valence-electron chi connectivity index (χ0n) is 28.5. The second-order valence-corrected chi connectivity index (χ2v) is 11.8. The highest BCUT2D eigenvalue weighted by atomic mass is 35.5. The number of halogens is 2. The lowest BCUT2D eigenvalue weighted by molar-refractivity contribution is 0.387. The lowest BCUT2D eigenvalue weighted by Crippen LogP contribution is -2.19. The van der Waals surface area contributed by atoms with E-state index in [1.165, 1.54) is 6.20 Å². The third-order valence-corrected chi connectivity index (χ3v) is 8.57. The molecule has 5 aromatic rings. The van der Waals surface area contributed by atoms with Crippen molar-refractivity contribution in [1.82, 2.24) is 40.3 Å². The van der Waals surface area contributed by atoms with Crippen molar-refractivity contribution in [2.45, 2.75) is 40.0 Å². The van der Waals surface area contributed by atoms with E-state index in [9.17, 15) is 0 Å². The molecule has 0 aliphatic rings. The smallest absolute Gasteiger partial charge is 0.237 e. The maximum absolute atomic E-state index is 7.06. The fraction of sp³-hybridized carbons (Fsp3) is 0.278. The van der Waals surface area contributed by atoms with Gasteiger partial charge in [0.1, 0.15) is 11.4 Å². The van der Waals surface area contributed by atoms with Crippen LogP contribution in [0, 0.1) is 0 Å². The molecule has 50 heavy (non-hydrogen) atoms. The third-order valence-electron chi connectivity index (χ3n) is 7.76. The van der Waals surface area contributed by atoms with Crippen molar-refractivity contribution in [1.29, 1.82) is 0 Å². The second kappa shape index (κ2) is 17.7. The predicted octanol–water partition coefficient (Wildman–Crippen LogP) is 6.12. The van der Waals surface area contributed by atoms with Gasteiger partial charge in [-0.3, -0.25) is 19.6 Å². The molecule has 2 aromatic carbocycles. The molecule has 0 radical (unpaired) electrons. The Kier molecular flexibility index (Phi) is 12.9. The number of nitrogens with zero attached hydrogens (tertiary/aromatic N) is 7. The Morgan fingerprint density at radius 1 is 0.820 bits per heavy atom. The molecule has 14 heteroatoms. The van der Waals surface area contributed by atoms with E-state index < -0.39 is 0 Å². The summed E-state index contributed by atoms with van der Waals surface area (Å²) in [5, 5.41) is 11.9. The van der Waals surface area contributed by atoms with Gasteiger partial charge in [-0.1, -0.05) is 59.6 Å². The van der Waals surface area contributed by atoms with Gasteiger partial charge in [0.2, 0.25) is 11.8 Å². The van der Waals surface area contributed by atoms with Crippen LogP contribution in [0.4, 0.5) is 0 Å². The SMILES string of the molecule is CCN=CC(=CN)CNCc1ncc(-c2cccc(-c3cccc(-c4cnc(CNCc5cnn(CC)c5)c(OC)n4)c3Cl)c2Cl)nc1OC. The average Bonchev–Trinajstić information content (AvgIpc) is 3.61. The van der Waals surface area contributed by atoms with Crippen LogP contribution in [-0.4, -0.2) is 63.2 Å². The fourth-order valence-electron chi connectivity index (χ4n) is 5.18. The molecule has 0 bridgehead atoms. The number of ether oxygens (including phenoxy) is 2. The summed E-state index contributed by atoms with van der Waals surface area (Å²) < 4.78 is 13.1. The molecule has 0 saturated heterocycles. The summed E-state index contributed by atoms with van der Waals surface area (Å²) in [6.45, 7) is 7.57. The highest BCUT2D eigenvalue weighted by molar-refractivity contribution is 6.39. The van der Waals surface area contributed by atoms with Crippen molar-refractivity contribution in [2.24, 2.45) is 10.7 Å². The number of hydrogen-bond donors (Lipinski definition) is 3. The molecule has 0 saturated carbocycles. The van der Waals surface area contributed by atoms with E-state index >= 15 is 0 Å². The molecule has 3 heterocycles. The number of methoxy groups -OCH3 is 2. The Labute approximate surface area is 301 Å². The first kappa shape index (κ1) is 36.4. The highest BCUT2D eigenvalue weighted by Crippen LogP contribution is 2.42. The molecule has 0 aliphatic carbocycles. The van der Waals surface area contributed by atoms with Gasteiger partial charge in [-0.15, -0.1) is 0 Å². The minimum atomic E-state index is 0.385. The summed E-state index contributed by atoms with van der Waals surface area (Å²) in [6.07, 6.45) is 10.5. The quantitative estimate of drug-likeness (QED) is 0.102. The molecular weight excluding hydrogens is 675 g/mol. The fourth-order valence-corrected chi connectivity index (χ4v) is 5.83. The normalized spacial score (nSPS) is 11.8. The Morgan fingerprint density at radius 2 is 1.38 bits per heavy atom. The van der Waals surface area contributed by atoms with E-state index in [-0.39, 0.29) is 0 Å². The van der Waals surface area contributed by atoms with Gasteiger partial charge in [-0.05, 0) is 25.6 Å². The third kappa shape index (κ3) is 8.64. The minimum Gasteiger partial charge on any atom is -0.480 e. The van der Waals surface area contributed by atoms with E-state index in [1.807, 2.05) is 60.4 Å². The van der Waals surface area contributed by atoms with Gasteiger partial charge in [0, 0.05) is 79.5 Å². The van der Waals surface area contributed by atoms with Crippen LogP contribution in [0.25, 0.3) is 33.6 Å². The summed E-state index contributed by atoms with van der Waals surface area (Å²) in [7, 11) is 3.13.